The molecular formula is C12H24NO+. The van der Waals surface area contributed by atoms with Gasteiger partial charge in [0, 0.05) is 13.5 Å². The third-order valence-corrected chi connectivity index (χ3v) is 3.98. The SMILES string of the molecule is CO[C@H]1CCCC[C@@H]1[NH2+]C1CCCC1. The normalized spacial score (nSPS) is 34.9. The molecule has 0 heterocycles. The first-order valence-electron chi connectivity index (χ1n) is 6.28. The Balaban J connectivity index is 1.81. The first kappa shape index (κ1) is 10.4. The molecule has 0 radical (unpaired) electrons. The van der Waals surface area contributed by atoms with Crippen molar-refractivity contribution in [2.24, 2.45) is 0 Å². The van der Waals surface area contributed by atoms with Gasteiger partial charge in [-0.05, 0) is 38.5 Å². The van der Waals surface area contributed by atoms with Crippen molar-refractivity contribution >= 4 is 0 Å². The number of quaternary nitrogens is 1. The zero-order valence-electron chi connectivity index (χ0n) is 9.37. The highest BCUT2D eigenvalue weighted by atomic mass is 16.5. The molecule has 0 aromatic rings. The van der Waals surface area contributed by atoms with Crippen LogP contribution >= 0.6 is 0 Å². The van der Waals surface area contributed by atoms with Crippen LogP contribution in [0.5, 0.6) is 0 Å². The van der Waals surface area contributed by atoms with Crippen LogP contribution in [0.2, 0.25) is 0 Å². The Hall–Kier alpha value is -0.0800. The van der Waals surface area contributed by atoms with Crippen molar-refractivity contribution in [1.29, 1.82) is 0 Å². The molecule has 2 N–H and O–H groups in total. The van der Waals surface area contributed by atoms with Gasteiger partial charge in [-0.1, -0.05) is 6.42 Å². The summed E-state index contributed by atoms with van der Waals surface area (Å²) in [5.74, 6) is 0. The maximum Gasteiger partial charge on any atom is 0.113 e. The largest absolute Gasteiger partial charge is 0.375 e. The summed E-state index contributed by atoms with van der Waals surface area (Å²) in [4.78, 5) is 0. The van der Waals surface area contributed by atoms with Gasteiger partial charge in [0.05, 0.1) is 6.04 Å². The summed E-state index contributed by atoms with van der Waals surface area (Å²) in [6, 6.07) is 1.67. The van der Waals surface area contributed by atoms with Crippen molar-refractivity contribution in [2.45, 2.75) is 69.6 Å². The van der Waals surface area contributed by atoms with Crippen LogP contribution in [0.1, 0.15) is 51.4 Å². The lowest BCUT2D eigenvalue weighted by Gasteiger charge is -2.30. The lowest BCUT2D eigenvalue weighted by Crippen LogP contribution is -2.97. The summed E-state index contributed by atoms with van der Waals surface area (Å²) in [7, 11) is 1.88. The summed E-state index contributed by atoms with van der Waals surface area (Å²) in [6.45, 7) is 0. The Morgan fingerprint density at radius 2 is 1.57 bits per heavy atom. The van der Waals surface area contributed by atoms with E-state index < -0.39 is 0 Å². The Kier molecular flexibility index (Phi) is 3.82. The molecule has 0 saturated heterocycles. The second kappa shape index (κ2) is 5.13. The van der Waals surface area contributed by atoms with Gasteiger partial charge in [0.1, 0.15) is 12.1 Å². The third-order valence-electron chi connectivity index (χ3n) is 3.98. The van der Waals surface area contributed by atoms with E-state index >= 15 is 0 Å². The van der Waals surface area contributed by atoms with Crippen molar-refractivity contribution in [2.75, 3.05) is 7.11 Å². The van der Waals surface area contributed by atoms with E-state index in [1.807, 2.05) is 7.11 Å². The lowest BCUT2D eigenvalue weighted by atomic mass is 9.91. The minimum absolute atomic E-state index is 0.532. The van der Waals surface area contributed by atoms with Crippen molar-refractivity contribution < 1.29 is 10.1 Å². The Labute approximate surface area is 87.4 Å². The molecule has 14 heavy (non-hydrogen) atoms. The number of rotatable bonds is 3. The van der Waals surface area contributed by atoms with Crippen molar-refractivity contribution in [1.82, 2.24) is 0 Å². The van der Waals surface area contributed by atoms with Crippen LogP contribution in [0.3, 0.4) is 0 Å². The predicted molar refractivity (Wildman–Crippen MR) is 57.2 cm³/mol. The number of methoxy groups -OCH3 is 1. The van der Waals surface area contributed by atoms with Gasteiger partial charge >= 0.3 is 0 Å². The zero-order valence-corrected chi connectivity index (χ0v) is 9.37. The number of hydrogen-bond donors (Lipinski definition) is 1. The summed E-state index contributed by atoms with van der Waals surface area (Å²) < 4.78 is 5.58. The molecule has 0 amide bonds. The fraction of sp³-hybridized carbons (Fsp3) is 1.00. The number of ether oxygens (including phenoxy) is 1. The molecule has 2 atom stereocenters. The molecule has 2 aliphatic carbocycles. The van der Waals surface area contributed by atoms with Gasteiger partial charge in [0.2, 0.25) is 0 Å². The maximum absolute atomic E-state index is 5.58. The second-order valence-electron chi connectivity index (χ2n) is 4.96. The molecule has 82 valence electrons. The standard InChI is InChI=1S/C12H23NO/c1-14-12-9-5-4-8-11(12)13-10-6-2-3-7-10/h10-13H,2-9H2,1H3/p+1/t11-,12-/m0/s1. The maximum atomic E-state index is 5.58. The van der Waals surface area contributed by atoms with Gasteiger partial charge < -0.3 is 10.1 Å². The van der Waals surface area contributed by atoms with Crippen LogP contribution in [0.25, 0.3) is 0 Å². The van der Waals surface area contributed by atoms with Crippen LogP contribution < -0.4 is 5.32 Å². The monoisotopic (exact) mass is 198 g/mol. The molecule has 2 heteroatoms. The van der Waals surface area contributed by atoms with E-state index in [1.165, 1.54) is 51.4 Å². The summed E-state index contributed by atoms with van der Waals surface area (Å²) in [5, 5.41) is 2.63. The summed E-state index contributed by atoms with van der Waals surface area (Å²) in [6.07, 6.45) is 11.7. The summed E-state index contributed by atoms with van der Waals surface area (Å²) in [5.41, 5.74) is 0. The molecule has 0 bridgehead atoms. The molecule has 2 rings (SSSR count). The first-order chi connectivity index (χ1) is 6.90. The van der Waals surface area contributed by atoms with E-state index in [9.17, 15) is 0 Å². The Morgan fingerprint density at radius 1 is 0.929 bits per heavy atom. The molecule has 0 aromatic heterocycles. The molecular weight excluding hydrogens is 174 g/mol. The van der Waals surface area contributed by atoms with Gasteiger partial charge in [0.15, 0.2) is 0 Å². The minimum Gasteiger partial charge on any atom is -0.375 e. The van der Waals surface area contributed by atoms with Gasteiger partial charge in [-0.3, -0.25) is 0 Å². The molecule has 2 saturated carbocycles. The average molecular weight is 198 g/mol. The van der Waals surface area contributed by atoms with E-state index in [4.69, 9.17) is 4.74 Å². The van der Waals surface area contributed by atoms with Crippen LogP contribution in [0, 0.1) is 0 Å². The van der Waals surface area contributed by atoms with Crippen LogP contribution in [0.4, 0.5) is 0 Å². The van der Waals surface area contributed by atoms with Crippen molar-refractivity contribution in [3.8, 4) is 0 Å². The molecule has 0 aliphatic heterocycles. The Bertz CT molecular complexity index is 166. The smallest absolute Gasteiger partial charge is 0.113 e. The van der Waals surface area contributed by atoms with E-state index in [2.05, 4.69) is 5.32 Å². The lowest BCUT2D eigenvalue weighted by molar-refractivity contribution is -0.728. The predicted octanol–water partition coefficient (Wildman–Crippen LogP) is 1.45. The van der Waals surface area contributed by atoms with Crippen LogP contribution in [-0.2, 0) is 4.74 Å². The van der Waals surface area contributed by atoms with E-state index in [-0.39, 0.29) is 0 Å². The highest BCUT2D eigenvalue weighted by Crippen LogP contribution is 2.20. The molecule has 2 fully saturated rings. The quantitative estimate of drug-likeness (QED) is 0.730. The second-order valence-corrected chi connectivity index (χ2v) is 4.96. The third kappa shape index (κ3) is 2.48. The highest BCUT2D eigenvalue weighted by molar-refractivity contribution is 4.75. The number of nitrogens with two attached hydrogens (primary N) is 1. The fourth-order valence-electron chi connectivity index (χ4n) is 3.14. The average Bonchev–Trinajstić information content (AvgIpc) is 2.71. The molecule has 0 spiro atoms. The van der Waals surface area contributed by atoms with Gasteiger partial charge in [-0.25, -0.2) is 0 Å². The molecule has 2 aliphatic rings. The topological polar surface area (TPSA) is 25.8 Å². The molecule has 0 aromatic carbocycles. The van der Waals surface area contributed by atoms with E-state index in [0.29, 0.717) is 6.10 Å². The van der Waals surface area contributed by atoms with Crippen LogP contribution in [0.15, 0.2) is 0 Å². The van der Waals surface area contributed by atoms with Crippen LogP contribution in [-0.4, -0.2) is 25.3 Å². The van der Waals surface area contributed by atoms with Gasteiger partial charge in [-0.15, -0.1) is 0 Å². The van der Waals surface area contributed by atoms with E-state index in [1.54, 1.807) is 0 Å². The fourth-order valence-corrected chi connectivity index (χ4v) is 3.14. The summed E-state index contributed by atoms with van der Waals surface area (Å²) >= 11 is 0. The van der Waals surface area contributed by atoms with Crippen molar-refractivity contribution in [3.05, 3.63) is 0 Å². The number of hydrogen-bond acceptors (Lipinski definition) is 1. The Morgan fingerprint density at radius 3 is 2.29 bits per heavy atom. The van der Waals surface area contributed by atoms with Gasteiger partial charge in [0.25, 0.3) is 0 Å². The minimum atomic E-state index is 0.532. The van der Waals surface area contributed by atoms with Gasteiger partial charge in [-0.2, -0.15) is 0 Å². The molecule has 0 unspecified atom stereocenters. The zero-order chi connectivity index (χ0) is 9.80. The first-order valence-corrected chi connectivity index (χ1v) is 6.28. The van der Waals surface area contributed by atoms with E-state index in [0.717, 1.165) is 12.1 Å². The highest BCUT2D eigenvalue weighted by Gasteiger charge is 2.31. The molecule has 2 nitrogen and oxygen atoms in total. The van der Waals surface area contributed by atoms with Crippen molar-refractivity contribution in [3.63, 3.8) is 0 Å².